The molecule has 2 rings (SSSR count). The molecule has 0 saturated carbocycles. The number of nitrogens with zero attached hydrogens (tertiary/aromatic N) is 1. The van der Waals surface area contributed by atoms with Gasteiger partial charge in [0.15, 0.2) is 6.61 Å². The number of hydrogen-bond acceptors (Lipinski definition) is 5. The van der Waals surface area contributed by atoms with Gasteiger partial charge in [-0.05, 0) is 31.4 Å². The minimum Gasteiger partial charge on any atom is -0.456 e. The summed E-state index contributed by atoms with van der Waals surface area (Å²) in [6.07, 6.45) is -0.717. The van der Waals surface area contributed by atoms with E-state index in [-0.39, 0.29) is 24.9 Å². The zero-order chi connectivity index (χ0) is 21.6. The maximum atomic E-state index is 12.4. The van der Waals surface area contributed by atoms with Crippen molar-refractivity contribution in [3.63, 3.8) is 0 Å². The molecule has 1 aromatic heterocycles. The van der Waals surface area contributed by atoms with Crippen LogP contribution in [0.15, 0.2) is 36.4 Å². The van der Waals surface area contributed by atoms with Crippen molar-refractivity contribution in [1.29, 1.82) is 0 Å². The van der Waals surface area contributed by atoms with Crippen molar-refractivity contribution in [2.24, 2.45) is 13.0 Å². The van der Waals surface area contributed by atoms with Crippen molar-refractivity contribution in [2.45, 2.75) is 40.3 Å². The van der Waals surface area contributed by atoms with Crippen LogP contribution >= 0.6 is 0 Å². The highest BCUT2D eigenvalue weighted by atomic mass is 16.6. The smallest absolute Gasteiger partial charge is 0.408 e. The molecule has 0 fully saturated rings. The molecule has 0 radical (unpaired) electrons. The quantitative estimate of drug-likeness (QED) is 0.543. The van der Waals surface area contributed by atoms with Crippen LogP contribution in [-0.2, 0) is 27.9 Å². The Kier molecular flexibility index (Phi) is 7.59. The average Bonchev–Trinajstić information content (AvgIpc) is 2.96. The topological polar surface area (TPSA) is 86.6 Å². The number of ketones is 1. The lowest BCUT2D eigenvalue weighted by Crippen LogP contribution is -2.45. The molecule has 0 unspecified atom stereocenters. The maximum absolute atomic E-state index is 12.4. The normalized spacial score (nSPS) is 11.8. The number of rotatable bonds is 8. The first kappa shape index (κ1) is 22.2. The second-order valence-electron chi connectivity index (χ2n) is 7.30. The first-order chi connectivity index (χ1) is 13.7. The SMILES string of the molecule is Cc1cc(C(=O)COC(=O)[C@@H](NC(=O)OCc2ccccc2)C(C)C)c(C)n1C. The zero-order valence-corrected chi connectivity index (χ0v) is 17.5. The summed E-state index contributed by atoms with van der Waals surface area (Å²) in [7, 11) is 1.87. The Morgan fingerprint density at radius 2 is 1.72 bits per heavy atom. The number of nitrogens with one attached hydrogen (secondary N) is 1. The first-order valence-corrected chi connectivity index (χ1v) is 9.50. The first-order valence-electron chi connectivity index (χ1n) is 9.50. The van der Waals surface area contributed by atoms with Crippen molar-refractivity contribution in [2.75, 3.05) is 6.61 Å². The summed E-state index contributed by atoms with van der Waals surface area (Å²) in [5, 5.41) is 2.52. The van der Waals surface area contributed by atoms with Crippen LogP contribution in [0.2, 0.25) is 0 Å². The van der Waals surface area contributed by atoms with Gasteiger partial charge in [0.2, 0.25) is 5.78 Å². The number of ether oxygens (including phenoxy) is 2. The van der Waals surface area contributed by atoms with E-state index in [1.165, 1.54) is 0 Å². The van der Waals surface area contributed by atoms with Gasteiger partial charge in [0.1, 0.15) is 12.6 Å². The Morgan fingerprint density at radius 3 is 2.28 bits per heavy atom. The minimum atomic E-state index is -0.912. The Balaban J connectivity index is 1.90. The average molecular weight is 400 g/mol. The number of benzene rings is 1. The second kappa shape index (κ2) is 9.91. The summed E-state index contributed by atoms with van der Waals surface area (Å²) in [5.41, 5.74) is 3.12. The van der Waals surface area contributed by atoms with E-state index < -0.39 is 18.1 Å². The summed E-state index contributed by atoms with van der Waals surface area (Å²) < 4.78 is 12.2. The molecule has 0 saturated heterocycles. The lowest BCUT2D eigenvalue weighted by Gasteiger charge is -2.20. The number of alkyl carbamates (subject to hydrolysis) is 1. The molecule has 0 aliphatic heterocycles. The van der Waals surface area contributed by atoms with Crippen LogP contribution in [0.4, 0.5) is 4.79 Å². The molecular formula is C22H28N2O5. The van der Waals surface area contributed by atoms with Crippen LogP contribution in [0.5, 0.6) is 0 Å². The van der Waals surface area contributed by atoms with Crippen LogP contribution in [-0.4, -0.2) is 35.1 Å². The molecule has 1 atom stereocenters. The summed E-state index contributed by atoms with van der Waals surface area (Å²) in [5.74, 6) is -1.19. The second-order valence-corrected chi connectivity index (χ2v) is 7.30. The van der Waals surface area contributed by atoms with Gasteiger partial charge in [0.05, 0.1) is 0 Å². The van der Waals surface area contributed by atoms with Crippen LogP contribution in [0, 0.1) is 19.8 Å². The van der Waals surface area contributed by atoms with Crippen molar-refractivity contribution < 1.29 is 23.9 Å². The molecule has 0 aliphatic carbocycles. The molecule has 1 heterocycles. The highest BCUT2D eigenvalue weighted by molar-refractivity contribution is 5.99. The van der Waals surface area contributed by atoms with Gasteiger partial charge in [0, 0.05) is 24.0 Å². The van der Waals surface area contributed by atoms with E-state index in [1.54, 1.807) is 19.9 Å². The van der Waals surface area contributed by atoms with E-state index in [2.05, 4.69) is 5.32 Å². The predicted molar refractivity (Wildman–Crippen MR) is 109 cm³/mol. The molecular weight excluding hydrogens is 372 g/mol. The molecule has 0 spiro atoms. The van der Waals surface area contributed by atoms with Gasteiger partial charge < -0.3 is 19.4 Å². The van der Waals surface area contributed by atoms with E-state index in [4.69, 9.17) is 9.47 Å². The van der Waals surface area contributed by atoms with Gasteiger partial charge in [-0.1, -0.05) is 44.2 Å². The fourth-order valence-corrected chi connectivity index (χ4v) is 2.83. The highest BCUT2D eigenvalue weighted by Gasteiger charge is 2.27. The van der Waals surface area contributed by atoms with Crippen LogP contribution in [0.25, 0.3) is 0 Å². The Labute approximate surface area is 171 Å². The molecule has 1 aromatic carbocycles. The van der Waals surface area contributed by atoms with E-state index >= 15 is 0 Å². The van der Waals surface area contributed by atoms with Gasteiger partial charge in [-0.2, -0.15) is 0 Å². The van der Waals surface area contributed by atoms with Gasteiger partial charge in [-0.25, -0.2) is 9.59 Å². The molecule has 29 heavy (non-hydrogen) atoms. The lowest BCUT2D eigenvalue weighted by molar-refractivity contribution is -0.146. The van der Waals surface area contributed by atoms with Gasteiger partial charge >= 0.3 is 12.1 Å². The standard InChI is InChI=1S/C22H28N2O5/c1-14(2)20(23-22(27)29-12-17-9-7-6-8-10-17)21(26)28-13-19(25)18-11-15(3)24(5)16(18)4/h6-11,14,20H,12-13H2,1-5H3,(H,23,27)/t20-/m0/s1. The van der Waals surface area contributed by atoms with Gasteiger partial charge in [0.25, 0.3) is 0 Å². The number of hydrogen-bond donors (Lipinski definition) is 1. The molecule has 2 aromatic rings. The Bertz CT molecular complexity index is 871. The Morgan fingerprint density at radius 1 is 1.07 bits per heavy atom. The summed E-state index contributed by atoms with van der Waals surface area (Å²) in [6, 6.07) is 10.1. The Hall–Kier alpha value is -3.09. The van der Waals surface area contributed by atoms with Gasteiger partial charge in [-0.15, -0.1) is 0 Å². The van der Waals surface area contributed by atoms with Gasteiger partial charge in [-0.3, -0.25) is 4.79 Å². The van der Waals surface area contributed by atoms with Crippen molar-refractivity contribution >= 4 is 17.8 Å². The number of aryl methyl sites for hydroxylation is 1. The number of Topliss-reactive ketones (excluding diaryl/α,β-unsaturated/α-hetero) is 1. The molecule has 0 bridgehead atoms. The van der Waals surface area contributed by atoms with E-state index in [9.17, 15) is 14.4 Å². The van der Waals surface area contributed by atoms with Crippen LogP contribution in [0.3, 0.4) is 0 Å². The largest absolute Gasteiger partial charge is 0.456 e. The minimum absolute atomic E-state index is 0.0949. The molecule has 1 N–H and O–H groups in total. The molecule has 7 nitrogen and oxygen atoms in total. The molecule has 1 amide bonds. The third-order valence-corrected chi connectivity index (χ3v) is 4.83. The van der Waals surface area contributed by atoms with Crippen LogP contribution < -0.4 is 5.32 Å². The van der Waals surface area contributed by atoms with Crippen LogP contribution in [0.1, 0.15) is 41.2 Å². The maximum Gasteiger partial charge on any atom is 0.408 e. The van der Waals surface area contributed by atoms with E-state index in [0.29, 0.717) is 5.56 Å². The number of carbonyl (C=O) groups is 3. The summed E-state index contributed by atoms with van der Waals surface area (Å²) >= 11 is 0. The fraction of sp³-hybridized carbons (Fsp3) is 0.409. The number of aromatic nitrogens is 1. The predicted octanol–water partition coefficient (Wildman–Crippen LogP) is 3.32. The number of amides is 1. The zero-order valence-electron chi connectivity index (χ0n) is 17.5. The summed E-state index contributed by atoms with van der Waals surface area (Å²) in [6.45, 7) is 7.00. The summed E-state index contributed by atoms with van der Waals surface area (Å²) in [4.78, 5) is 36.9. The number of carbonyl (C=O) groups excluding carboxylic acids is 3. The van der Waals surface area contributed by atoms with Crippen molar-refractivity contribution in [1.82, 2.24) is 9.88 Å². The molecule has 156 valence electrons. The van der Waals surface area contributed by atoms with E-state index in [0.717, 1.165) is 17.0 Å². The fourth-order valence-electron chi connectivity index (χ4n) is 2.83. The van der Waals surface area contributed by atoms with Crippen molar-refractivity contribution in [3.8, 4) is 0 Å². The monoisotopic (exact) mass is 400 g/mol. The van der Waals surface area contributed by atoms with Crippen molar-refractivity contribution in [3.05, 3.63) is 58.9 Å². The third-order valence-electron chi connectivity index (χ3n) is 4.83. The molecule has 7 heteroatoms. The lowest BCUT2D eigenvalue weighted by atomic mass is 10.1. The van der Waals surface area contributed by atoms with E-state index in [1.807, 2.05) is 55.8 Å². The molecule has 0 aliphatic rings. The number of esters is 1. The third kappa shape index (κ3) is 5.94. The highest BCUT2D eigenvalue weighted by Crippen LogP contribution is 2.14.